The minimum Gasteiger partial charge on any atom is -0.493 e. The molecule has 8 rings (SSSR count). The Morgan fingerprint density at radius 1 is 0.559 bits per heavy atom. The van der Waals surface area contributed by atoms with Crippen LogP contribution < -0.4 is 33.7 Å². The van der Waals surface area contributed by atoms with Crippen molar-refractivity contribution in [3.8, 4) is 57.0 Å². The molecule has 2 amide bonds. The van der Waals surface area contributed by atoms with Crippen molar-refractivity contribution < 1.29 is 38.0 Å². The Labute approximate surface area is 397 Å². The number of carbonyl (C=O) groups excluding carboxylic acids is 2. The molecule has 5 aromatic carbocycles. The first-order chi connectivity index (χ1) is 33.2. The second-order valence-corrected chi connectivity index (χ2v) is 16.3. The van der Waals surface area contributed by atoms with E-state index in [2.05, 4.69) is 15.2 Å². The zero-order chi connectivity index (χ0) is 47.6. The van der Waals surface area contributed by atoms with Crippen LogP contribution in [0.2, 0.25) is 0 Å². The number of methoxy groups -OCH3 is 6. The molecular weight excluding hydrogens is 859 g/mol. The summed E-state index contributed by atoms with van der Waals surface area (Å²) in [5, 5.41) is 3.49. The molecular formula is C55H55N5O8. The predicted molar refractivity (Wildman–Crippen MR) is 260 cm³/mol. The summed E-state index contributed by atoms with van der Waals surface area (Å²) in [6, 6.07) is 44.2. The Morgan fingerprint density at radius 2 is 0.971 bits per heavy atom. The summed E-state index contributed by atoms with van der Waals surface area (Å²) in [6.07, 6.45) is 3.36. The number of nitrogens with zero attached hydrogens (tertiary/aromatic N) is 4. The van der Waals surface area contributed by atoms with E-state index in [-0.39, 0.29) is 18.2 Å². The van der Waals surface area contributed by atoms with Crippen LogP contribution in [0.4, 0.5) is 0 Å². The molecule has 3 heterocycles. The summed E-state index contributed by atoms with van der Waals surface area (Å²) in [4.78, 5) is 43.4. The van der Waals surface area contributed by atoms with E-state index in [1.165, 1.54) is 0 Å². The van der Waals surface area contributed by atoms with Crippen molar-refractivity contribution in [1.82, 2.24) is 25.1 Å². The van der Waals surface area contributed by atoms with Gasteiger partial charge in [-0.25, -0.2) is 0 Å². The van der Waals surface area contributed by atoms with Gasteiger partial charge in [0.1, 0.15) is 5.54 Å². The standard InChI is InChI=1S/C55H55N5O8/c1-63-47-30-39(31-48(64-2)52(47)67-5)44-28-37(22-24-56-44)35-59-26-27-60(36-38-23-25-57-45(29-38)40-32-49(65-3)53(68-6)50(33-40)66-4)54(62)46(59)34-51(61)58-55(41-16-10-7-11-17-41,42-18-12-8-13-19-42)43-20-14-9-15-21-43/h7-25,28-33,46H,26-27,34-36H2,1-6H3,(H,58,61)/t46-/m0/s1. The normalized spacial score (nSPS) is 13.9. The van der Waals surface area contributed by atoms with Crippen molar-refractivity contribution in [3.63, 3.8) is 0 Å². The van der Waals surface area contributed by atoms with Gasteiger partial charge in [0.2, 0.25) is 23.3 Å². The number of pyridine rings is 2. The van der Waals surface area contributed by atoms with Crippen molar-refractivity contribution in [2.24, 2.45) is 0 Å². The quantitative estimate of drug-likeness (QED) is 0.0831. The Balaban J connectivity index is 1.14. The van der Waals surface area contributed by atoms with Gasteiger partial charge < -0.3 is 38.6 Å². The third-order valence-corrected chi connectivity index (χ3v) is 12.3. The van der Waals surface area contributed by atoms with Gasteiger partial charge in [0.15, 0.2) is 23.0 Å². The zero-order valence-electron chi connectivity index (χ0n) is 39.1. The number of piperazine rings is 1. The van der Waals surface area contributed by atoms with Gasteiger partial charge in [0, 0.05) is 49.7 Å². The lowest BCUT2D eigenvalue weighted by atomic mass is 9.77. The van der Waals surface area contributed by atoms with E-state index in [1.54, 1.807) is 55.1 Å². The number of benzene rings is 5. The fraction of sp³-hybridized carbons (Fsp3) is 0.236. The molecule has 7 aromatic rings. The maximum Gasteiger partial charge on any atom is 0.240 e. The predicted octanol–water partition coefficient (Wildman–Crippen LogP) is 8.57. The van der Waals surface area contributed by atoms with Gasteiger partial charge in [-0.05, 0) is 76.3 Å². The third kappa shape index (κ3) is 9.65. The lowest BCUT2D eigenvalue weighted by molar-refractivity contribution is -0.146. The van der Waals surface area contributed by atoms with Gasteiger partial charge in [-0.3, -0.25) is 24.5 Å². The van der Waals surface area contributed by atoms with Gasteiger partial charge in [-0.1, -0.05) is 91.0 Å². The first-order valence-electron chi connectivity index (χ1n) is 22.2. The molecule has 1 N–H and O–H groups in total. The minimum absolute atomic E-state index is 0.110. The average molecular weight is 914 g/mol. The van der Waals surface area contributed by atoms with Crippen molar-refractivity contribution in [2.45, 2.75) is 31.1 Å². The average Bonchev–Trinajstić information content (AvgIpc) is 3.39. The van der Waals surface area contributed by atoms with E-state index in [0.29, 0.717) is 72.1 Å². The van der Waals surface area contributed by atoms with Gasteiger partial charge in [0.05, 0.1) is 66.5 Å². The van der Waals surface area contributed by atoms with Crippen LogP contribution in [0.25, 0.3) is 22.5 Å². The Morgan fingerprint density at radius 3 is 1.37 bits per heavy atom. The van der Waals surface area contributed by atoms with Crippen molar-refractivity contribution in [2.75, 3.05) is 55.7 Å². The number of rotatable bonds is 18. The number of hydrogen-bond donors (Lipinski definition) is 1. The van der Waals surface area contributed by atoms with E-state index in [0.717, 1.165) is 38.9 Å². The number of ether oxygens (including phenoxy) is 6. The Kier molecular flexibility index (Phi) is 14.5. The van der Waals surface area contributed by atoms with Crippen molar-refractivity contribution in [3.05, 3.63) is 180 Å². The van der Waals surface area contributed by atoms with Gasteiger partial charge in [0.25, 0.3) is 0 Å². The smallest absolute Gasteiger partial charge is 0.240 e. The van der Waals surface area contributed by atoms with E-state index in [1.807, 2.05) is 144 Å². The highest BCUT2D eigenvalue weighted by atomic mass is 16.5. The molecule has 1 atom stereocenters. The second-order valence-electron chi connectivity index (χ2n) is 16.3. The van der Waals surface area contributed by atoms with E-state index in [4.69, 9.17) is 33.4 Å². The molecule has 0 saturated carbocycles. The Bertz CT molecular complexity index is 2700. The minimum atomic E-state index is -1.07. The van der Waals surface area contributed by atoms with Crippen LogP contribution in [-0.4, -0.2) is 93.4 Å². The number of hydrogen-bond acceptors (Lipinski definition) is 11. The number of amides is 2. The fourth-order valence-electron chi connectivity index (χ4n) is 9.04. The largest absolute Gasteiger partial charge is 0.493 e. The summed E-state index contributed by atoms with van der Waals surface area (Å²) < 4.78 is 33.7. The lowest BCUT2D eigenvalue weighted by Gasteiger charge is -2.42. The number of nitrogens with one attached hydrogen (secondary N) is 1. The van der Waals surface area contributed by atoms with Crippen LogP contribution >= 0.6 is 0 Å². The van der Waals surface area contributed by atoms with Crippen molar-refractivity contribution in [1.29, 1.82) is 0 Å². The SMILES string of the molecule is COc1cc(-c2cc(CN3CCN(Cc4ccnc(-c5cc(OC)c(OC)c(OC)c5)c4)[C@@H](CC(=O)NC(c4ccccc4)(c4ccccc4)c4ccccc4)C3=O)ccn2)cc(OC)c1OC. The van der Waals surface area contributed by atoms with Gasteiger partial charge in [-0.2, -0.15) is 0 Å². The van der Waals surface area contributed by atoms with Crippen LogP contribution in [0.15, 0.2) is 152 Å². The zero-order valence-corrected chi connectivity index (χ0v) is 39.1. The van der Waals surface area contributed by atoms with Crippen molar-refractivity contribution >= 4 is 11.8 Å². The molecule has 2 aromatic heterocycles. The molecule has 1 fully saturated rings. The van der Waals surface area contributed by atoms with Crippen LogP contribution in [0.3, 0.4) is 0 Å². The fourth-order valence-corrected chi connectivity index (χ4v) is 9.04. The van der Waals surface area contributed by atoms with Crippen LogP contribution in [0.5, 0.6) is 34.5 Å². The third-order valence-electron chi connectivity index (χ3n) is 12.3. The molecule has 1 saturated heterocycles. The van der Waals surface area contributed by atoms with Crippen LogP contribution in [0, 0.1) is 0 Å². The molecule has 0 unspecified atom stereocenters. The van der Waals surface area contributed by atoms with E-state index >= 15 is 9.59 Å². The van der Waals surface area contributed by atoms with Gasteiger partial charge in [-0.15, -0.1) is 0 Å². The molecule has 0 aliphatic carbocycles. The number of carbonyl (C=O) groups is 2. The van der Waals surface area contributed by atoms with Gasteiger partial charge >= 0.3 is 0 Å². The molecule has 1 aliphatic rings. The number of aromatic nitrogens is 2. The summed E-state index contributed by atoms with van der Waals surface area (Å²) in [5.74, 6) is 2.52. The molecule has 68 heavy (non-hydrogen) atoms. The first kappa shape index (κ1) is 46.6. The highest BCUT2D eigenvalue weighted by molar-refractivity contribution is 5.90. The van der Waals surface area contributed by atoms with Crippen LogP contribution in [0.1, 0.15) is 34.2 Å². The molecule has 13 heteroatoms. The molecule has 1 aliphatic heterocycles. The lowest BCUT2D eigenvalue weighted by Crippen LogP contribution is -2.58. The highest BCUT2D eigenvalue weighted by Crippen LogP contribution is 2.43. The maximum atomic E-state index is 15.1. The van der Waals surface area contributed by atoms with Crippen LogP contribution in [-0.2, 0) is 28.2 Å². The summed E-state index contributed by atoms with van der Waals surface area (Å²) in [7, 11) is 9.41. The summed E-state index contributed by atoms with van der Waals surface area (Å²) >= 11 is 0. The molecule has 348 valence electrons. The maximum absolute atomic E-state index is 15.1. The highest BCUT2D eigenvalue weighted by Gasteiger charge is 2.41. The Hall–Kier alpha value is -7.90. The molecule has 13 nitrogen and oxygen atoms in total. The topological polar surface area (TPSA) is 134 Å². The second kappa shape index (κ2) is 21.2. The molecule has 0 bridgehead atoms. The summed E-state index contributed by atoms with van der Waals surface area (Å²) in [6.45, 7) is 1.59. The van der Waals surface area contributed by atoms with E-state index < -0.39 is 11.6 Å². The van der Waals surface area contributed by atoms with E-state index in [9.17, 15) is 0 Å². The summed E-state index contributed by atoms with van der Waals surface area (Å²) in [5.41, 5.74) is 6.24. The monoisotopic (exact) mass is 913 g/mol. The molecule has 0 radical (unpaired) electrons. The molecule has 0 spiro atoms. The first-order valence-corrected chi connectivity index (χ1v) is 22.2.